The van der Waals surface area contributed by atoms with Crippen molar-refractivity contribution in [3.63, 3.8) is 0 Å². The molecule has 0 amide bonds. The van der Waals surface area contributed by atoms with E-state index in [4.69, 9.17) is 4.74 Å². The highest BCUT2D eigenvalue weighted by Gasteiger charge is 2.09. The summed E-state index contributed by atoms with van der Waals surface area (Å²) in [7, 11) is 4.10. The zero-order chi connectivity index (χ0) is 12.7. The molecular weight excluding hydrogens is 234 g/mol. The number of aryl methyl sites for hydroxylation is 1. The number of aromatic nitrogens is 1. The van der Waals surface area contributed by atoms with E-state index in [0.717, 1.165) is 32.0 Å². The van der Waals surface area contributed by atoms with Gasteiger partial charge in [-0.25, -0.2) is 4.98 Å². The minimum atomic E-state index is 0.361. The molecule has 1 unspecified atom stereocenters. The van der Waals surface area contributed by atoms with E-state index in [1.54, 1.807) is 11.3 Å². The maximum Gasteiger partial charge on any atom is 0.0798 e. The number of likely N-dealkylation sites (N-methyl/N-ethyl adjacent to an activating group) is 1. The van der Waals surface area contributed by atoms with E-state index < -0.39 is 0 Å². The fourth-order valence-electron chi connectivity index (χ4n) is 1.52. The zero-order valence-corrected chi connectivity index (χ0v) is 12.0. The van der Waals surface area contributed by atoms with Gasteiger partial charge in [0.1, 0.15) is 0 Å². The average molecular weight is 257 g/mol. The first-order valence-corrected chi connectivity index (χ1v) is 6.85. The van der Waals surface area contributed by atoms with Gasteiger partial charge in [0.05, 0.1) is 24.4 Å². The molecule has 0 radical (unpaired) electrons. The third-order valence-corrected chi connectivity index (χ3v) is 3.67. The molecule has 17 heavy (non-hydrogen) atoms. The molecule has 5 heteroatoms. The summed E-state index contributed by atoms with van der Waals surface area (Å²) in [6.45, 7) is 7.63. The van der Waals surface area contributed by atoms with E-state index >= 15 is 0 Å². The lowest BCUT2D eigenvalue weighted by molar-refractivity contribution is 0.118. The molecule has 0 aliphatic rings. The third-order valence-electron chi connectivity index (χ3n) is 2.56. The normalized spacial score (nSPS) is 13.2. The zero-order valence-electron chi connectivity index (χ0n) is 11.2. The van der Waals surface area contributed by atoms with Crippen molar-refractivity contribution in [3.8, 4) is 0 Å². The van der Waals surface area contributed by atoms with Gasteiger partial charge >= 0.3 is 0 Å². The third kappa shape index (κ3) is 5.59. The molecule has 1 rings (SSSR count). The second-order valence-corrected chi connectivity index (χ2v) is 5.28. The van der Waals surface area contributed by atoms with Crippen molar-refractivity contribution >= 4 is 11.3 Å². The van der Waals surface area contributed by atoms with E-state index in [1.165, 1.54) is 4.88 Å². The van der Waals surface area contributed by atoms with Crippen LogP contribution in [0.3, 0.4) is 0 Å². The van der Waals surface area contributed by atoms with E-state index in [1.807, 2.05) is 5.51 Å². The number of nitrogens with one attached hydrogen (secondary N) is 1. The van der Waals surface area contributed by atoms with Gasteiger partial charge in [-0.05, 0) is 27.9 Å². The number of hydrogen-bond donors (Lipinski definition) is 1. The number of hydrogen-bond acceptors (Lipinski definition) is 5. The Bertz CT molecular complexity index is 314. The smallest absolute Gasteiger partial charge is 0.0798 e. The number of ether oxygens (including phenoxy) is 1. The molecule has 0 fully saturated rings. The minimum absolute atomic E-state index is 0.361. The Morgan fingerprint density at radius 3 is 2.82 bits per heavy atom. The Hall–Kier alpha value is -0.490. The van der Waals surface area contributed by atoms with Crippen LogP contribution in [0.2, 0.25) is 0 Å². The van der Waals surface area contributed by atoms with Crippen LogP contribution in [0.1, 0.15) is 23.5 Å². The average Bonchev–Trinajstić information content (AvgIpc) is 2.69. The molecule has 98 valence electrons. The standard InChI is InChI=1S/C12H23N3OS/c1-10(12-11(2)14-9-17-12)13-5-7-16-8-6-15(3)4/h9-10,13H,5-8H2,1-4H3. The molecule has 0 saturated carbocycles. The van der Waals surface area contributed by atoms with Crippen molar-refractivity contribution in [2.45, 2.75) is 19.9 Å². The summed E-state index contributed by atoms with van der Waals surface area (Å²) < 4.78 is 5.53. The molecule has 4 nitrogen and oxygen atoms in total. The van der Waals surface area contributed by atoms with Gasteiger partial charge in [-0.2, -0.15) is 0 Å². The van der Waals surface area contributed by atoms with Crippen LogP contribution in [0.4, 0.5) is 0 Å². The van der Waals surface area contributed by atoms with Gasteiger partial charge in [0, 0.05) is 24.0 Å². The molecule has 0 bridgehead atoms. The maximum atomic E-state index is 5.53. The van der Waals surface area contributed by atoms with Crippen LogP contribution < -0.4 is 5.32 Å². The van der Waals surface area contributed by atoms with Crippen molar-refractivity contribution < 1.29 is 4.74 Å². The summed E-state index contributed by atoms with van der Waals surface area (Å²) in [5.41, 5.74) is 3.03. The summed E-state index contributed by atoms with van der Waals surface area (Å²) in [5, 5.41) is 3.45. The minimum Gasteiger partial charge on any atom is -0.379 e. The molecule has 1 aromatic rings. The van der Waals surface area contributed by atoms with Gasteiger partial charge in [0.2, 0.25) is 0 Å². The molecule has 0 spiro atoms. The summed E-state index contributed by atoms with van der Waals surface area (Å²) >= 11 is 1.71. The fraction of sp³-hybridized carbons (Fsp3) is 0.750. The van der Waals surface area contributed by atoms with Gasteiger partial charge in [-0.3, -0.25) is 0 Å². The van der Waals surface area contributed by atoms with Gasteiger partial charge in [-0.1, -0.05) is 0 Å². The predicted molar refractivity (Wildman–Crippen MR) is 72.6 cm³/mol. The Balaban J connectivity index is 2.09. The van der Waals surface area contributed by atoms with Crippen LogP contribution >= 0.6 is 11.3 Å². The van der Waals surface area contributed by atoms with E-state index in [0.29, 0.717) is 6.04 Å². The van der Waals surface area contributed by atoms with Crippen LogP contribution in [0.25, 0.3) is 0 Å². The topological polar surface area (TPSA) is 37.4 Å². The number of rotatable bonds is 8. The van der Waals surface area contributed by atoms with Crippen molar-refractivity contribution in [2.75, 3.05) is 40.4 Å². The predicted octanol–water partition coefficient (Wildman–Crippen LogP) is 1.68. The van der Waals surface area contributed by atoms with Gasteiger partial charge in [-0.15, -0.1) is 11.3 Å². The number of nitrogens with zero attached hydrogens (tertiary/aromatic N) is 2. The highest BCUT2D eigenvalue weighted by molar-refractivity contribution is 7.09. The van der Waals surface area contributed by atoms with Crippen molar-refractivity contribution in [1.29, 1.82) is 0 Å². The number of thiazole rings is 1. The van der Waals surface area contributed by atoms with Crippen molar-refractivity contribution in [3.05, 3.63) is 16.1 Å². The van der Waals surface area contributed by atoms with Gasteiger partial charge < -0.3 is 15.0 Å². The highest BCUT2D eigenvalue weighted by atomic mass is 32.1. The summed E-state index contributed by atoms with van der Waals surface area (Å²) in [6.07, 6.45) is 0. The van der Waals surface area contributed by atoms with Crippen molar-refractivity contribution in [1.82, 2.24) is 15.2 Å². The van der Waals surface area contributed by atoms with E-state index in [2.05, 4.69) is 43.1 Å². The van der Waals surface area contributed by atoms with Gasteiger partial charge in [0.15, 0.2) is 0 Å². The second kappa shape index (κ2) is 7.76. The summed E-state index contributed by atoms with van der Waals surface area (Å²) in [4.78, 5) is 7.70. The van der Waals surface area contributed by atoms with Crippen LogP contribution in [-0.4, -0.2) is 50.3 Å². The van der Waals surface area contributed by atoms with Crippen LogP contribution in [-0.2, 0) is 4.74 Å². The Labute approximate surface area is 108 Å². The fourth-order valence-corrected chi connectivity index (χ4v) is 2.35. The van der Waals surface area contributed by atoms with Crippen LogP contribution in [0, 0.1) is 6.92 Å². The van der Waals surface area contributed by atoms with Crippen LogP contribution in [0.15, 0.2) is 5.51 Å². The van der Waals surface area contributed by atoms with E-state index in [-0.39, 0.29) is 0 Å². The Morgan fingerprint density at radius 2 is 2.24 bits per heavy atom. The monoisotopic (exact) mass is 257 g/mol. The lowest BCUT2D eigenvalue weighted by Crippen LogP contribution is -2.25. The molecule has 0 saturated heterocycles. The maximum absolute atomic E-state index is 5.53. The van der Waals surface area contributed by atoms with Gasteiger partial charge in [0.25, 0.3) is 0 Å². The molecule has 0 aromatic carbocycles. The molecule has 0 aliphatic heterocycles. The molecule has 1 N–H and O–H groups in total. The SMILES string of the molecule is Cc1ncsc1C(C)NCCOCCN(C)C. The lowest BCUT2D eigenvalue weighted by Gasteiger charge is -2.14. The molecule has 1 aromatic heterocycles. The Morgan fingerprint density at radius 1 is 1.47 bits per heavy atom. The summed E-state index contributed by atoms with van der Waals surface area (Å²) in [6, 6.07) is 0.361. The van der Waals surface area contributed by atoms with E-state index in [9.17, 15) is 0 Å². The summed E-state index contributed by atoms with van der Waals surface area (Å²) in [5.74, 6) is 0. The molecular formula is C12H23N3OS. The quantitative estimate of drug-likeness (QED) is 0.719. The first-order valence-electron chi connectivity index (χ1n) is 5.97. The first-order chi connectivity index (χ1) is 8.11. The highest BCUT2D eigenvalue weighted by Crippen LogP contribution is 2.20. The Kier molecular flexibility index (Phi) is 6.65. The van der Waals surface area contributed by atoms with Crippen molar-refractivity contribution in [2.24, 2.45) is 0 Å². The molecule has 1 heterocycles. The molecule has 1 atom stereocenters. The first kappa shape index (κ1) is 14.6. The molecule has 0 aliphatic carbocycles. The lowest BCUT2D eigenvalue weighted by atomic mass is 10.2. The second-order valence-electron chi connectivity index (χ2n) is 4.39. The van der Waals surface area contributed by atoms with Crippen LogP contribution in [0.5, 0.6) is 0 Å². The largest absolute Gasteiger partial charge is 0.379 e.